The van der Waals surface area contributed by atoms with E-state index in [4.69, 9.17) is 5.73 Å². The van der Waals surface area contributed by atoms with Gasteiger partial charge in [-0.15, -0.1) is 24.2 Å². The Morgan fingerprint density at radius 3 is 2.26 bits per heavy atom. The topological polar surface area (TPSA) is 55.1 Å². The molecule has 0 aromatic heterocycles. The third-order valence-electron chi connectivity index (χ3n) is 3.20. The normalized spacial score (nSPS) is 11.7. The van der Waals surface area contributed by atoms with Gasteiger partial charge in [0.1, 0.15) is 0 Å². The van der Waals surface area contributed by atoms with Crippen molar-refractivity contribution < 1.29 is 4.79 Å². The number of amides is 1. The van der Waals surface area contributed by atoms with Gasteiger partial charge in [0.15, 0.2) is 0 Å². The molecular formula is C18H23ClN2OS. The van der Waals surface area contributed by atoms with Crippen LogP contribution in [0.2, 0.25) is 0 Å². The molecule has 2 aromatic carbocycles. The van der Waals surface area contributed by atoms with E-state index in [-0.39, 0.29) is 24.4 Å². The van der Waals surface area contributed by atoms with Crippen molar-refractivity contribution in [2.24, 2.45) is 5.73 Å². The first-order chi connectivity index (χ1) is 10.6. The third kappa shape index (κ3) is 6.26. The molecule has 0 heterocycles. The number of carbonyl (C=O) groups excluding carboxylic acids is 1. The van der Waals surface area contributed by atoms with E-state index in [1.807, 2.05) is 54.6 Å². The van der Waals surface area contributed by atoms with E-state index in [0.717, 1.165) is 5.56 Å². The molecule has 2 aromatic rings. The molecule has 23 heavy (non-hydrogen) atoms. The molecule has 3 nitrogen and oxygen atoms in total. The smallest absolute Gasteiger partial charge is 0.251 e. The first kappa shape index (κ1) is 19.6. The van der Waals surface area contributed by atoms with Crippen molar-refractivity contribution in [3.63, 3.8) is 0 Å². The van der Waals surface area contributed by atoms with Gasteiger partial charge in [0.05, 0.1) is 0 Å². The van der Waals surface area contributed by atoms with Crippen LogP contribution in [0.15, 0.2) is 59.5 Å². The molecule has 1 amide bonds. The summed E-state index contributed by atoms with van der Waals surface area (Å²) in [5, 5.41) is 3.42. The SMILES string of the molecule is CC(C)Sc1ccc(C(=O)NCC(N)c2ccccc2)cc1.Cl. The summed E-state index contributed by atoms with van der Waals surface area (Å²) in [5.41, 5.74) is 7.76. The van der Waals surface area contributed by atoms with Crippen molar-refractivity contribution in [3.8, 4) is 0 Å². The third-order valence-corrected chi connectivity index (χ3v) is 4.21. The fourth-order valence-corrected chi connectivity index (χ4v) is 2.92. The molecule has 2 rings (SSSR count). The molecule has 1 unspecified atom stereocenters. The highest BCUT2D eigenvalue weighted by Gasteiger charge is 2.09. The molecule has 0 aliphatic heterocycles. The highest BCUT2D eigenvalue weighted by Crippen LogP contribution is 2.22. The maximum Gasteiger partial charge on any atom is 0.251 e. The predicted octanol–water partition coefficient (Wildman–Crippen LogP) is 4.04. The molecule has 124 valence electrons. The standard InChI is InChI=1S/C18H22N2OS.ClH/c1-13(2)22-16-10-8-15(9-11-16)18(21)20-12-17(19)14-6-4-3-5-7-14;/h3-11,13,17H,12,19H2,1-2H3,(H,20,21);1H. The molecule has 3 N–H and O–H groups in total. The van der Waals surface area contributed by atoms with E-state index in [1.165, 1.54) is 4.90 Å². The minimum absolute atomic E-state index is 0. The molecule has 0 fully saturated rings. The second-order valence-corrected chi connectivity index (χ2v) is 7.07. The number of rotatable bonds is 6. The van der Waals surface area contributed by atoms with E-state index < -0.39 is 0 Å². The number of hydrogen-bond acceptors (Lipinski definition) is 3. The number of nitrogens with one attached hydrogen (secondary N) is 1. The van der Waals surface area contributed by atoms with Crippen LogP contribution in [0.5, 0.6) is 0 Å². The quantitative estimate of drug-likeness (QED) is 0.773. The lowest BCUT2D eigenvalue weighted by atomic mass is 10.1. The van der Waals surface area contributed by atoms with Crippen molar-refractivity contribution in [3.05, 3.63) is 65.7 Å². The lowest BCUT2D eigenvalue weighted by Gasteiger charge is -2.13. The summed E-state index contributed by atoms with van der Waals surface area (Å²) in [7, 11) is 0. The van der Waals surface area contributed by atoms with Crippen molar-refractivity contribution in [1.29, 1.82) is 0 Å². The van der Waals surface area contributed by atoms with Crippen LogP contribution in [0.1, 0.15) is 35.8 Å². The van der Waals surface area contributed by atoms with Gasteiger partial charge in [-0.2, -0.15) is 0 Å². The zero-order valence-electron chi connectivity index (χ0n) is 13.4. The Bertz CT molecular complexity index is 602. The van der Waals surface area contributed by atoms with Gasteiger partial charge in [0.25, 0.3) is 5.91 Å². The zero-order valence-corrected chi connectivity index (χ0v) is 15.0. The number of nitrogens with two attached hydrogens (primary N) is 1. The molecular weight excluding hydrogens is 328 g/mol. The van der Waals surface area contributed by atoms with Gasteiger partial charge >= 0.3 is 0 Å². The van der Waals surface area contributed by atoms with E-state index in [2.05, 4.69) is 19.2 Å². The molecule has 0 radical (unpaired) electrons. The van der Waals surface area contributed by atoms with Crippen LogP contribution in [0, 0.1) is 0 Å². The van der Waals surface area contributed by atoms with Gasteiger partial charge in [0.2, 0.25) is 0 Å². The second-order valence-electron chi connectivity index (χ2n) is 5.42. The van der Waals surface area contributed by atoms with Gasteiger partial charge in [0, 0.05) is 28.3 Å². The molecule has 1 atom stereocenters. The van der Waals surface area contributed by atoms with E-state index >= 15 is 0 Å². The Morgan fingerprint density at radius 1 is 1.09 bits per heavy atom. The summed E-state index contributed by atoms with van der Waals surface area (Å²) in [6.07, 6.45) is 0. The van der Waals surface area contributed by atoms with Crippen LogP contribution in [0.3, 0.4) is 0 Å². The number of benzene rings is 2. The summed E-state index contributed by atoms with van der Waals surface area (Å²) < 4.78 is 0. The number of halogens is 1. The van der Waals surface area contributed by atoms with Crippen molar-refractivity contribution in [2.75, 3.05) is 6.54 Å². The highest BCUT2D eigenvalue weighted by atomic mass is 35.5. The number of carbonyl (C=O) groups is 1. The lowest BCUT2D eigenvalue weighted by molar-refractivity contribution is 0.0951. The maximum atomic E-state index is 12.1. The molecule has 0 saturated heterocycles. The molecule has 5 heteroatoms. The van der Waals surface area contributed by atoms with Crippen molar-refractivity contribution >= 4 is 30.1 Å². The van der Waals surface area contributed by atoms with Crippen molar-refractivity contribution in [1.82, 2.24) is 5.32 Å². The minimum atomic E-state index is -0.194. The van der Waals surface area contributed by atoms with Crippen molar-refractivity contribution in [2.45, 2.75) is 30.0 Å². The monoisotopic (exact) mass is 350 g/mol. The Kier molecular flexibility index (Phi) is 8.17. The largest absolute Gasteiger partial charge is 0.350 e. The summed E-state index contributed by atoms with van der Waals surface area (Å²) in [6, 6.07) is 17.3. The second kappa shape index (κ2) is 9.60. The summed E-state index contributed by atoms with van der Waals surface area (Å²) in [6.45, 7) is 4.72. The lowest BCUT2D eigenvalue weighted by Crippen LogP contribution is -2.31. The molecule has 0 bridgehead atoms. The van der Waals surface area contributed by atoms with Crippen LogP contribution < -0.4 is 11.1 Å². The average Bonchev–Trinajstić information content (AvgIpc) is 2.53. The minimum Gasteiger partial charge on any atom is -0.350 e. The molecule has 0 spiro atoms. The van der Waals surface area contributed by atoms with Crippen LogP contribution in [-0.4, -0.2) is 17.7 Å². The molecule has 0 aliphatic carbocycles. The summed E-state index contributed by atoms with van der Waals surface area (Å²) >= 11 is 1.78. The number of thioether (sulfide) groups is 1. The zero-order chi connectivity index (χ0) is 15.9. The Morgan fingerprint density at radius 2 is 1.70 bits per heavy atom. The van der Waals surface area contributed by atoms with E-state index in [1.54, 1.807) is 11.8 Å². The van der Waals surface area contributed by atoms with Crippen LogP contribution in [0.25, 0.3) is 0 Å². The van der Waals surface area contributed by atoms with Gasteiger partial charge < -0.3 is 11.1 Å². The fourth-order valence-electron chi connectivity index (χ4n) is 2.08. The summed E-state index contributed by atoms with van der Waals surface area (Å²) in [5.74, 6) is -0.0903. The maximum absolute atomic E-state index is 12.1. The first-order valence-corrected chi connectivity index (χ1v) is 8.29. The van der Waals surface area contributed by atoms with Gasteiger partial charge in [-0.25, -0.2) is 0 Å². The van der Waals surface area contributed by atoms with Crippen LogP contribution >= 0.6 is 24.2 Å². The number of hydrogen-bond donors (Lipinski definition) is 2. The van der Waals surface area contributed by atoms with Crippen LogP contribution in [0.4, 0.5) is 0 Å². The van der Waals surface area contributed by atoms with E-state index in [0.29, 0.717) is 17.4 Å². The predicted molar refractivity (Wildman–Crippen MR) is 100 cm³/mol. The first-order valence-electron chi connectivity index (χ1n) is 7.41. The molecule has 0 aliphatic rings. The Balaban J connectivity index is 0.00000264. The van der Waals surface area contributed by atoms with Gasteiger partial charge in [-0.05, 0) is 29.8 Å². The Labute approximate surface area is 148 Å². The highest BCUT2D eigenvalue weighted by molar-refractivity contribution is 7.99. The summed E-state index contributed by atoms with van der Waals surface area (Å²) in [4.78, 5) is 13.3. The van der Waals surface area contributed by atoms with Crippen LogP contribution in [-0.2, 0) is 0 Å². The Hall–Kier alpha value is -1.49. The van der Waals surface area contributed by atoms with E-state index in [9.17, 15) is 4.79 Å². The van der Waals surface area contributed by atoms with Gasteiger partial charge in [-0.1, -0.05) is 44.2 Å². The average molecular weight is 351 g/mol. The molecule has 0 saturated carbocycles. The van der Waals surface area contributed by atoms with Gasteiger partial charge in [-0.3, -0.25) is 4.79 Å². The fraction of sp³-hybridized carbons (Fsp3) is 0.278.